The Hall–Kier alpha value is -0.610. The van der Waals surface area contributed by atoms with Gasteiger partial charge in [0.05, 0.1) is 14.2 Å². The van der Waals surface area contributed by atoms with Gasteiger partial charge in [0.2, 0.25) is 0 Å². The van der Waals surface area contributed by atoms with Crippen LogP contribution in [0.3, 0.4) is 0 Å². The van der Waals surface area contributed by atoms with Crippen LogP contribution in [0.4, 0.5) is 0 Å². The molecule has 0 saturated carbocycles. The van der Waals surface area contributed by atoms with Gasteiger partial charge in [-0.3, -0.25) is 9.68 Å². The number of hydroxylamine groups is 2. The van der Waals surface area contributed by atoms with E-state index in [0.29, 0.717) is 0 Å². The van der Waals surface area contributed by atoms with Crippen molar-refractivity contribution in [1.29, 1.82) is 0 Å². The van der Waals surface area contributed by atoms with Crippen molar-refractivity contribution in [2.75, 3.05) is 20.8 Å². The van der Waals surface area contributed by atoms with Gasteiger partial charge in [-0.05, 0) is 18.1 Å². The summed E-state index contributed by atoms with van der Waals surface area (Å²) in [7, 11) is 3.12. The van der Waals surface area contributed by atoms with E-state index in [1.807, 2.05) is 6.92 Å². The van der Waals surface area contributed by atoms with E-state index >= 15 is 0 Å². The monoisotopic (exact) mass is 217 g/mol. The standard InChI is InChI=1S/C6H4.C4H11NO2.ClH/c1-2-6-4-3-5(1)6;1-4-5(6-2)7-3;/h1-4H;4H2,1-3H3;1H. The average molecular weight is 218 g/mol. The van der Waals surface area contributed by atoms with Gasteiger partial charge >= 0.3 is 0 Å². The van der Waals surface area contributed by atoms with E-state index in [0.717, 1.165) is 6.54 Å². The molecule has 0 aromatic heterocycles. The molecule has 3 nitrogen and oxygen atoms in total. The van der Waals surface area contributed by atoms with Gasteiger partial charge in [-0.25, -0.2) is 0 Å². The summed E-state index contributed by atoms with van der Waals surface area (Å²) < 4.78 is 0. The summed E-state index contributed by atoms with van der Waals surface area (Å²) in [5, 5.41) is 1.38. The largest absolute Gasteiger partial charge is 0.278 e. The quantitative estimate of drug-likeness (QED) is 0.738. The zero-order valence-corrected chi connectivity index (χ0v) is 9.50. The molecule has 4 heteroatoms. The lowest BCUT2D eigenvalue weighted by Crippen LogP contribution is -2.19. The van der Waals surface area contributed by atoms with E-state index in [1.165, 1.54) is 16.4 Å². The molecule has 0 atom stereocenters. The van der Waals surface area contributed by atoms with Crippen molar-refractivity contribution < 1.29 is 9.68 Å². The molecule has 0 heterocycles. The molecule has 0 saturated heterocycles. The molecular weight excluding hydrogens is 202 g/mol. The Bertz CT molecular complexity index is 220. The van der Waals surface area contributed by atoms with Crippen LogP contribution in [-0.4, -0.2) is 26.0 Å². The smallest absolute Gasteiger partial charge is 0.0601 e. The minimum absolute atomic E-state index is 0. The van der Waals surface area contributed by atoms with Gasteiger partial charge < -0.3 is 0 Å². The van der Waals surface area contributed by atoms with E-state index in [4.69, 9.17) is 0 Å². The second kappa shape index (κ2) is 6.79. The molecule has 0 unspecified atom stereocenters. The predicted octanol–water partition coefficient (Wildman–Crippen LogP) is 2.52. The molecule has 0 amide bonds. The van der Waals surface area contributed by atoms with Gasteiger partial charge in [0.1, 0.15) is 0 Å². The number of nitrogens with zero attached hydrogens (tertiary/aromatic N) is 1. The van der Waals surface area contributed by atoms with Gasteiger partial charge in [0, 0.05) is 6.54 Å². The Morgan fingerprint density at radius 3 is 1.36 bits per heavy atom. The predicted molar refractivity (Wildman–Crippen MR) is 59.1 cm³/mol. The minimum atomic E-state index is 0. The number of benzene rings is 1. The highest BCUT2D eigenvalue weighted by atomic mass is 35.5. The number of halogens is 1. The molecule has 2 rings (SSSR count). The topological polar surface area (TPSA) is 21.7 Å². The lowest BCUT2D eigenvalue weighted by Gasteiger charge is -2.11. The molecule has 0 aliphatic heterocycles. The maximum Gasteiger partial charge on any atom is 0.0601 e. The normalized spacial score (nSPS) is 10.0. The molecule has 80 valence electrons. The first-order valence-corrected chi connectivity index (χ1v) is 4.28. The third-order valence-electron chi connectivity index (χ3n) is 1.88. The van der Waals surface area contributed by atoms with Crippen molar-refractivity contribution in [1.82, 2.24) is 5.23 Å². The van der Waals surface area contributed by atoms with E-state index in [2.05, 4.69) is 33.9 Å². The summed E-state index contributed by atoms with van der Waals surface area (Å²) in [5.74, 6) is 0. The van der Waals surface area contributed by atoms with Crippen LogP contribution >= 0.6 is 12.4 Å². The fraction of sp³-hybridized carbons (Fsp3) is 0.400. The molecular formula is C10H16ClNO2. The number of rotatable bonds is 3. The van der Waals surface area contributed by atoms with Crippen LogP contribution in [0.1, 0.15) is 6.92 Å². The number of fused-ring (bicyclic) bond motifs is 1. The molecule has 2 aliphatic rings. The first-order chi connectivity index (χ1) is 6.31. The molecule has 0 N–H and O–H groups in total. The highest BCUT2D eigenvalue weighted by molar-refractivity contribution is 5.85. The minimum Gasteiger partial charge on any atom is -0.278 e. The maximum absolute atomic E-state index is 4.66. The Morgan fingerprint density at radius 2 is 1.36 bits per heavy atom. The Morgan fingerprint density at radius 1 is 1.00 bits per heavy atom. The molecule has 0 radical (unpaired) electrons. The Labute approximate surface area is 90.9 Å². The van der Waals surface area contributed by atoms with Crippen LogP contribution in [0.15, 0.2) is 24.3 Å². The van der Waals surface area contributed by atoms with Gasteiger partial charge in [0.15, 0.2) is 0 Å². The second-order valence-electron chi connectivity index (χ2n) is 2.59. The molecule has 2 aliphatic carbocycles. The molecule has 0 aromatic rings. The molecule has 0 fully saturated rings. The maximum atomic E-state index is 4.66. The average Bonchev–Trinajstić information content (AvgIpc) is 2.15. The van der Waals surface area contributed by atoms with Crippen LogP contribution in [0.5, 0.6) is 0 Å². The van der Waals surface area contributed by atoms with Crippen LogP contribution < -0.4 is 0 Å². The number of hydrogen-bond acceptors (Lipinski definition) is 3. The highest BCUT2D eigenvalue weighted by Crippen LogP contribution is 2.29. The lowest BCUT2D eigenvalue weighted by atomic mass is 9.95. The number of hydrogen-bond donors (Lipinski definition) is 0. The van der Waals surface area contributed by atoms with Crippen molar-refractivity contribution in [2.24, 2.45) is 0 Å². The summed E-state index contributed by atoms with van der Waals surface area (Å²) >= 11 is 0. The van der Waals surface area contributed by atoms with Crippen molar-refractivity contribution in [3.63, 3.8) is 0 Å². The van der Waals surface area contributed by atoms with Crippen LogP contribution in [-0.2, 0) is 9.68 Å². The van der Waals surface area contributed by atoms with E-state index < -0.39 is 0 Å². The second-order valence-corrected chi connectivity index (χ2v) is 2.59. The third kappa shape index (κ3) is 3.27. The Balaban J connectivity index is 0.000000225. The fourth-order valence-electron chi connectivity index (χ4n) is 0.995. The first-order valence-electron chi connectivity index (χ1n) is 4.28. The van der Waals surface area contributed by atoms with E-state index in [1.54, 1.807) is 14.2 Å². The van der Waals surface area contributed by atoms with Gasteiger partial charge in [-0.15, -0.1) is 12.4 Å². The Kier molecular flexibility index (Phi) is 6.49. The molecule has 14 heavy (non-hydrogen) atoms. The summed E-state index contributed by atoms with van der Waals surface area (Å²) in [6.07, 6.45) is 0. The zero-order chi connectivity index (χ0) is 9.68. The molecule has 0 aromatic carbocycles. The van der Waals surface area contributed by atoms with E-state index in [9.17, 15) is 0 Å². The SMILES string of the molecule is CCN(OC)OC.Cl.c1cc2ccc1-2. The van der Waals surface area contributed by atoms with Crippen molar-refractivity contribution >= 4 is 12.4 Å². The van der Waals surface area contributed by atoms with Crippen LogP contribution in [0.25, 0.3) is 11.1 Å². The van der Waals surface area contributed by atoms with Crippen molar-refractivity contribution in [3.05, 3.63) is 24.3 Å². The van der Waals surface area contributed by atoms with Crippen molar-refractivity contribution in [3.8, 4) is 11.1 Å². The van der Waals surface area contributed by atoms with Gasteiger partial charge in [-0.1, -0.05) is 29.5 Å². The first kappa shape index (κ1) is 13.4. The fourth-order valence-corrected chi connectivity index (χ4v) is 0.995. The van der Waals surface area contributed by atoms with Gasteiger partial charge in [-0.2, -0.15) is 0 Å². The van der Waals surface area contributed by atoms with E-state index in [-0.39, 0.29) is 12.4 Å². The van der Waals surface area contributed by atoms with Gasteiger partial charge in [0.25, 0.3) is 0 Å². The summed E-state index contributed by atoms with van der Waals surface area (Å²) in [6.45, 7) is 2.68. The lowest BCUT2D eigenvalue weighted by molar-refractivity contribution is -0.339. The van der Waals surface area contributed by atoms with Crippen molar-refractivity contribution in [2.45, 2.75) is 6.92 Å². The summed E-state index contributed by atoms with van der Waals surface area (Å²) in [4.78, 5) is 9.32. The highest BCUT2D eigenvalue weighted by Gasteiger charge is 2.03. The molecule has 0 spiro atoms. The van der Waals surface area contributed by atoms with Crippen LogP contribution in [0, 0.1) is 0 Å². The summed E-state index contributed by atoms with van der Waals surface area (Å²) in [5.41, 5.74) is 2.85. The zero-order valence-electron chi connectivity index (χ0n) is 8.69. The summed E-state index contributed by atoms with van der Waals surface area (Å²) in [6, 6.07) is 8.48. The third-order valence-corrected chi connectivity index (χ3v) is 1.88. The van der Waals surface area contributed by atoms with Crippen LogP contribution in [0.2, 0.25) is 0 Å². The molecule has 0 bridgehead atoms.